The molecule has 1 saturated carbocycles. The van der Waals surface area contributed by atoms with E-state index in [2.05, 4.69) is 13.8 Å². The highest BCUT2D eigenvalue weighted by atomic mass is 16.5. The van der Waals surface area contributed by atoms with E-state index in [4.69, 9.17) is 10.5 Å². The van der Waals surface area contributed by atoms with E-state index in [0.29, 0.717) is 12.6 Å². The topological polar surface area (TPSA) is 35.2 Å². The van der Waals surface area contributed by atoms with Crippen LogP contribution in [-0.2, 0) is 4.74 Å². The van der Waals surface area contributed by atoms with Crippen LogP contribution in [0, 0.1) is 0 Å². The highest BCUT2D eigenvalue weighted by Crippen LogP contribution is 2.33. The van der Waals surface area contributed by atoms with Crippen LogP contribution < -0.4 is 5.73 Å². The summed E-state index contributed by atoms with van der Waals surface area (Å²) in [6.07, 6.45) is 6.34. The van der Waals surface area contributed by atoms with E-state index in [0.717, 1.165) is 19.3 Å². The molecule has 1 fully saturated rings. The number of nitrogens with two attached hydrogens (primary N) is 1. The van der Waals surface area contributed by atoms with Crippen LogP contribution in [0.4, 0.5) is 0 Å². The first kappa shape index (κ1) is 10.0. The predicted octanol–water partition coefficient (Wildman–Crippen LogP) is 2.07. The third kappa shape index (κ3) is 2.20. The molecule has 2 nitrogen and oxygen atoms in total. The summed E-state index contributed by atoms with van der Waals surface area (Å²) in [6.45, 7) is 4.98. The van der Waals surface area contributed by atoms with Gasteiger partial charge in [0.15, 0.2) is 0 Å². The van der Waals surface area contributed by atoms with E-state index in [9.17, 15) is 0 Å². The molecule has 1 atom stereocenters. The van der Waals surface area contributed by atoms with Gasteiger partial charge in [0.05, 0.1) is 11.7 Å². The normalized spacial score (nSPS) is 24.2. The molecule has 1 aliphatic rings. The van der Waals surface area contributed by atoms with E-state index in [1.54, 1.807) is 0 Å². The molecule has 1 aliphatic carbocycles. The van der Waals surface area contributed by atoms with Crippen LogP contribution >= 0.6 is 0 Å². The molecule has 0 spiro atoms. The Kier molecular flexibility index (Phi) is 3.53. The Morgan fingerprint density at radius 1 is 1.42 bits per heavy atom. The minimum absolute atomic E-state index is 0.0371. The van der Waals surface area contributed by atoms with E-state index in [1.165, 1.54) is 12.8 Å². The molecule has 0 aliphatic heterocycles. The number of ether oxygens (including phenoxy) is 1. The van der Waals surface area contributed by atoms with Crippen LogP contribution in [0.3, 0.4) is 0 Å². The predicted molar refractivity (Wildman–Crippen MR) is 51.1 cm³/mol. The first-order chi connectivity index (χ1) is 5.72. The summed E-state index contributed by atoms with van der Waals surface area (Å²) in [5.41, 5.74) is 5.78. The van der Waals surface area contributed by atoms with Crippen molar-refractivity contribution in [2.45, 2.75) is 57.7 Å². The second-order valence-electron chi connectivity index (χ2n) is 3.93. The Labute approximate surface area is 75.5 Å². The van der Waals surface area contributed by atoms with Crippen molar-refractivity contribution in [1.82, 2.24) is 0 Å². The molecule has 0 amide bonds. The molecule has 0 heterocycles. The van der Waals surface area contributed by atoms with E-state index < -0.39 is 0 Å². The zero-order chi connectivity index (χ0) is 9.03. The van der Waals surface area contributed by atoms with Crippen molar-refractivity contribution >= 4 is 0 Å². The van der Waals surface area contributed by atoms with Crippen LogP contribution in [0.25, 0.3) is 0 Å². The van der Waals surface area contributed by atoms with Crippen molar-refractivity contribution in [3.05, 3.63) is 0 Å². The SMILES string of the molecule is CCC(C)OC1(CN)CCCC1. The molecule has 0 bridgehead atoms. The minimum atomic E-state index is 0.0371. The van der Waals surface area contributed by atoms with Gasteiger partial charge in [0.1, 0.15) is 0 Å². The lowest BCUT2D eigenvalue weighted by Crippen LogP contribution is -2.40. The highest BCUT2D eigenvalue weighted by Gasteiger charge is 2.34. The van der Waals surface area contributed by atoms with E-state index >= 15 is 0 Å². The average Bonchev–Trinajstić information content (AvgIpc) is 2.54. The standard InChI is InChI=1S/C10H21NO/c1-3-9(2)12-10(8-11)6-4-5-7-10/h9H,3-8,11H2,1-2H3. The average molecular weight is 171 g/mol. The van der Waals surface area contributed by atoms with Crippen molar-refractivity contribution in [1.29, 1.82) is 0 Å². The van der Waals surface area contributed by atoms with Gasteiger partial charge in [0.2, 0.25) is 0 Å². The molecule has 2 heteroatoms. The van der Waals surface area contributed by atoms with Crippen LogP contribution in [0.15, 0.2) is 0 Å². The van der Waals surface area contributed by atoms with Gasteiger partial charge in [0, 0.05) is 6.54 Å². The molecule has 0 saturated heterocycles. The van der Waals surface area contributed by atoms with Gasteiger partial charge in [-0.1, -0.05) is 19.8 Å². The minimum Gasteiger partial charge on any atom is -0.371 e. The molecule has 0 radical (unpaired) electrons. The second kappa shape index (κ2) is 4.24. The fourth-order valence-electron chi connectivity index (χ4n) is 1.90. The zero-order valence-electron chi connectivity index (χ0n) is 8.31. The maximum atomic E-state index is 5.97. The summed E-state index contributed by atoms with van der Waals surface area (Å²) in [7, 11) is 0. The first-order valence-corrected chi connectivity index (χ1v) is 5.10. The summed E-state index contributed by atoms with van der Waals surface area (Å²) < 4.78 is 5.97. The monoisotopic (exact) mass is 171 g/mol. The van der Waals surface area contributed by atoms with Gasteiger partial charge in [-0.3, -0.25) is 0 Å². The number of rotatable bonds is 4. The third-order valence-corrected chi connectivity index (χ3v) is 2.91. The van der Waals surface area contributed by atoms with Crippen molar-refractivity contribution in [2.75, 3.05) is 6.54 Å². The van der Waals surface area contributed by atoms with Crippen molar-refractivity contribution in [2.24, 2.45) is 5.73 Å². The van der Waals surface area contributed by atoms with Gasteiger partial charge in [-0.15, -0.1) is 0 Å². The maximum absolute atomic E-state index is 5.97. The van der Waals surface area contributed by atoms with Crippen molar-refractivity contribution < 1.29 is 4.74 Å². The van der Waals surface area contributed by atoms with Gasteiger partial charge in [-0.2, -0.15) is 0 Å². The Bertz CT molecular complexity index is 130. The molecule has 0 aromatic heterocycles. The van der Waals surface area contributed by atoms with Gasteiger partial charge >= 0.3 is 0 Å². The second-order valence-corrected chi connectivity index (χ2v) is 3.93. The molecular formula is C10H21NO. The first-order valence-electron chi connectivity index (χ1n) is 5.10. The van der Waals surface area contributed by atoms with Gasteiger partial charge in [-0.25, -0.2) is 0 Å². The Hall–Kier alpha value is -0.0800. The Balaban J connectivity index is 2.43. The summed E-state index contributed by atoms with van der Waals surface area (Å²) in [5.74, 6) is 0. The van der Waals surface area contributed by atoms with E-state index in [-0.39, 0.29) is 5.60 Å². The zero-order valence-corrected chi connectivity index (χ0v) is 8.31. The van der Waals surface area contributed by atoms with E-state index in [1.807, 2.05) is 0 Å². The fourth-order valence-corrected chi connectivity index (χ4v) is 1.90. The van der Waals surface area contributed by atoms with Crippen molar-refractivity contribution in [3.8, 4) is 0 Å². The fraction of sp³-hybridized carbons (Fsp3) is 1.00. The molecule has 0 aromatic carbocycles. The maximum Gasteiger partial charge on any atom is 0.0807 e. The largest absolute Gasteiger partial charge is 0.371 e. The van der Waals surface area contributed by atoms with Gasteiger partial charge in [0.25, 0.3) is 0 Å². The summed E-state index contributed by atoms with van der Waals surface area (Å²) in [4.78, 5) is 0. The lowest BCUT2D eigenvalue weighted by molar-refractivity contribution is -0.0777. The van der Waals surface area contributed by atoms with Gasteiger partial charge in [-0.05, 0) is 26.2 Å². The molecule has 72 valence electrons. The smallest absolute Gasteiger partial charge is 0.0807 e. The number of hydrogen-bond donors (Lipinski definition) is 1. The number of hydrogen-bond acceptors (Lipinski definition) is 2. The summed E-state index contributed by atoms with van der Waals surface area (Å²) >= 11 is 0. The molecule has 0 aromatic rings. The Morgan fingerprint density at radius 3 is 2.42 bits per heavy atom. The Morgan fingerprint density at radius 2 is 2.00 bits per heavy atom. The lowest BCUT2D eigenvalue weighted by atomic mass is 10.0. The molecular weight excluding hydrogens is 150 g/mol. The van der Waals surface area contributed by atoms with Gasteiger partial charge < -0.3 is 10.5 Å². The molecule has 1 rings (SSSR count). The molecule has 2 N–H and O–H groups in total. The molecule has 1 unspecified atom stereocenters. The highest BCUT2D eigenvalue weighted by molar-refractivity contribution is 4.88. The quantitative estimate of drug-likeness (QED) is 0.702. The summed E-state index contributed by atoms with van der Waals surface area (Å²) in [6, 6.07) is 0. The molecule has 12 heavy (non-hydrogen) atoms. The third-order valence-electron chi connectivity index (χ3n) is 2.91. The lowest BCUT2D eigenvalue weighted by Gasteiger charge is -2.31. The van der Waals surface area contributed by atoms with Crippen LogP contribution in [0.5, 0.6) is 0 Å². The van der Waals surface area contributed by atoms with Crippen molar-refractivity contribution in [3.63, 3.8) is 0 Å². The van der Waals surface area contributed by atoms with Crippen LogP contribution in [-0.4, -0.2) is 18.2 Å². The summed E-state index contributed by atoms with van der Waals surface area (Å²) in [5, 5.41) is 0. The van der Waals surface area contributed by atoms with Crippen LogP contribution in [0.2, 0.25) is 0 Å². The van der Waals surface area contributed by atoms with Crippen LogP contribution in [0.1, 0.15) is 46.0 Å².